The van der Waals surface area contributed by atoms with Gasteiger partial charge in [-0.25, -0.2) is 9.48 Å². The third-order valence-corrected chi connectivity index (χ3v) is 6.39. The van der Waals surface area contributed by atoms with Crippen LogP contribution in [0.25, 0.3) is 5.69 Å². The van der Waals surface area contributed by atoms with Crippen molar-refractivity contribution in [2.45, 2.75) is 79.0 Å². The lowest BCUT2D eigenvalue weighted by molar-refractivity contribution is 0.00434. The fraction of sp³-hybridized carbons (Fsp3) is 0.545. The van der Waals surface area contributed by atoms with E-state index in [1.54, 1.807) is 4.90 Å². The number of para-hydroxylation sites is 1. The topological polar surface area (TPSA) is 47.4 Å². The van der Waals surface area contributed by atoms with Crippen LogP contribution in [0.5, 0.6) is 0 Å². The van der Waals surface area contributed by atoms with E-state index in [0.29, 0.717) is 6.54 Å². The van der Waals surface area contributed by atoms with Crippen molar-refractivity contribution in [3.8, 4) is 5.69 Å². The normalized spacial score (nSPS) is 15.6. The number of ether oxygens (including phenoxy) is 1. The molecule has 0 bridgehead atoms. The number of halogens is 1. The van der Waals surface area contributed by atoms with E-state index < -0.39 is 11.1 Å². The maximum Gasteiger partial charge on any atom is 0.411 e. The maximum atomic E-state index is 12.8. The van der Waals surface area contributed by atoms with Crippen molar-refractivity contribution < 1.29 is 9.53 Å². The summed E-state index contributed by atoms with van der Waals surface area (Å²) in [6.45, 7) is 14.6. The Morgan fingerprint density at radius 3 is 2.25 bits per heavy atom. The highest BCUT2D eigenvalue weighted by Crippen LogP contribution is 2.42. The molecule has 0 atom stereocenters. The Labute approximate surface area is 181 Å². The van der Waals surface area contributed by atoms with E-state index in [0.717, 1.165) is 27.8 Å². The molecule has 1 aliphatic rings. The minimum absolute atomic E-state index is 0.291. The van der Waals surface area contributed by atoms with Gasteiger partial charge < -0.3 is 4.74 Å². The smallest absolute Gasteiger partial charge is 0.411 e. The number of aryl methyl sites for hydroxylation is 2. The van der Waals surface area contributed by atoms with Crippen LogP contribution in [0.2, 0.25) is 0 Å². The molecule has 0 radical (unpaired) electrons. The Bertz CT molecular complexity index is 887. The molecule has 0 fully saturated rings. The monoisotopic (exact) mass is 495 g/mol. The van der Waals surface area contributed by atoms with Crippen molar-refractivity contribution in [2.75, 3.05) is 0 Å². The van der Waals surface area contributed by atoms with Crippen molar-refractivity contribution in [3.05, 3.63) is 44.3 Å². The summed E-state index contributed by atoms with van der Waals surface area (Å²) in [4.78, 5) is 14.6. The molecule has 1 aromatic heterocycles. The summed E-state index contributed by atoms with van der Waals surface area (Å²) in [5, 5.41) is 5.02. The van der Waals surface area contributed by atoms with Crippen LogP contribution in [0.1, 0.15) is 70.9 Å². The molecule has 2 aromatic rings. The van der Waals surface area contributed by atoms with Gasteiger partial charge in [-0.3, -0.25) is 4.90 Å². The summed E-state index contributed by atoms with van der Waals surface area (Å²) >= 11 is 2.37. The quantitative estimate of drug-likeness (QED) is 0.522. The van der Waals surface area contributed by atoms with E-state index in [1.165, 1.54) is 16.8 Å². The van der Waals surface area contributed by atoms with E-state index in [2.05, 4.69) is 59.3 Å². The van der Waals surface area contributed by atoms with Crippen molar-refractivity contribution in [3.63, 3.8) is 0 Å². The van der Waals surface area contributed by atoms with Crippen LogP contribution in [-0.4, -0.2) is 26.4 Å². The highest BCUT2D eigenvalue weighted by Gasteiger charge is 2.46. The SMILES string of the molecule is CCc1cccc(CC)c1-n1nc2c(c1I)CN(C(=O)OC(C)(C)C)C2(C)C. The molecular weight excluding hydrogens is 465 g/mol. The molecule has 5 nitrogen and oxygen atoms in total. The molecule has 1 aliphatic heterocycles. The molecule has 0 aliphatic carbocycles. The second-order valence-electron chi connectivity index (χ2n) is 8.79. The van der Waals surface area contributed by atoms with Gasteiger partial charge in [-0.05, 0) is 81.2 Å². The van der Waals surface area contributed by atoms with Gasteiger partial charge in [-0.2, -0.15) is 5.10 Å². The van der Waals surface area contributed by atoms with E-state index >= 15 is 0 Å². The van der Waals surface area contributed by atoms with Gasteiger partial charge in [0.05, 0.1) is 23.5 Å². The van der Waals surface area contributed by atoms with E-state index in [-0.39, 0.29) is 6.09 Å². The summed E-state index contributed by atoms with van der Waals surface area (Å²) < 4.78 is 8.79. The molecule has 1 aromatic carbocycles. The average Bonchev–Trinajstić information content (AvgIpc) is 3.07. The van der Waals surface area contributed by atoms with Gasteiger partial charge in [-0.15, -0.1) is 0 Å². The Morgan fingerprint density at radius 1 is 1.21 bits per heavy atom. The van der Waals surface area contributed by atoms with Gasteiger partial charge in [0.1, 0.15) is 9.30 Å². The van der Waals surface area contributed by atoms with Crippen LogP contribution in [0.4, 0.5) is 4.79 Å². The van der Waals surface area contributed by atoms with Crippen LogP contribution in [0, 0.1) is 3.70 Å². The van der Waals surface area contributed by atoms with Crippen molar-refractivity contribution >= 4 is 28.7 Å². The van der Waals surface area contributed by atoms with E-state index in [9.17, 15) is 4.79 Å². The lowest BCUT2D eigenvalue weighted by atomic mass is 10.0. The predicted molar refractivity (Wildman–Crippen MR) is 120 cm³/mol. The number of benzene rings is 1. The van der Waals surface area contributed by atoms with Crippen molar-refractivity contribution in [1.29, 1.82) is 0 Å². The number of carbonyl (C=O) groups excluding carboxylic acids is 1. The first kappa shape index (κ1) is 21.1. The number of hydrogen-bond donors (Lipinski definition) is 0. The van der Waals surface area contributed by atoms with E-state index in [1.807, 2.05) is 34.6 Å². The minimum Gasteiger partial charge on any atom is -0.444 e. The second-order valence-corrected chi connectivity index (χ2v) is 9.81. The van der Waals surface area contributed by atoms with Gasteiger partial charge in [0, 0.05) is 5.56 Å². The average molecular weight is 495 g/mol. The molecule has 6 heteroatoms. The molecule has 0 saturated heterocycles. The largest absolute Gasteiger partial charge is 0.444 e. The molecule has 0 spiro atoms. The summed E-state index contributed by atoms with van der Waals surface area (Å²) in [6, 6.07) is 6.48. The zero-order valence-electron chi connectivity index (χ0n) is 17.9. The molecule has 0 N–H and O–H groups in total. The minimum atomic E-state index is -0.518. The number of rotatable bonds is 3. The lowest BCUT2D eigenvalue weighted by Gasteiger charge is -2.33. The van der Waals surface area contributed by atoms with Crippen molar-refractivity contribution in [1.82, 2.24) is 14.7 Å². The highest BCUT2D eigenvalue weighted by molar-refractivity contribution is 14.1. The van der Waals surface area contributed by atoms with E-state index in [4.69, 9.17) is 9.84 Å². The fourth-order valence-corrected chi connectivity index (χ4v) is 4.57. The van der Waals surface area contributed by atoms with Crippen LogP contribution < -0.4 is 0 Å². The van der Waals surface area contributed by atoms with Crippen LogP contribution in [-0.2, 0) is 29.7 Å². The first-order valence-corrected chi connectivity index (χ1v) is 11.0. The summed E-state index contributed by atoms with van der Waals surface area (Å²) in [6.07, 6.45) is 1.62. The predicted octanol–water partition coefficient (Wildman–Crippen LogP) is 5.59. The molecule has 1 amide bonds. The van der Waals surface area contributed by atoms with Gasteiger partial charge in [0.25, 0.3) is 0 Å². The number of carbonyl (C=O) groups is 1. The fourth-order valence-electron chi connectivity index (χ4n) is 3.79. The first-order chi connectivity index (χ1) is 13.0. The summed E-state index contributed by atoms with van der Waals surface area (Å²) in [5.74, 6) is 0. The third-order valence-electron chi connectivity index (χ3n) is 5.28. The summed E-state index contributed by atoms with van der Waals surface area (Å²) in [5.41, 5.74) is 4.80. The molecular formula is C22H30IN3O2. The molecule has 28 heavy (non-hydrogen) atoms. The molecule has 0 unspecified atom stereocenters. The Kier molecular flexibility index (Phi) is 5.55. The summed E-state index contributed by atoms with van der Waals surface area (Å²) in [7, 11) is 0. The van der Waals surface area contributed by atoms with Gasteiger partial charge in [-0.1, -0.05) is 32.0 Å². The number of hydrogen-bond acceptors (Lipinski definition) is 3. The number of fused-ring (bicyclic) bond motifs is 1. The maximum absolute atomic E-state index is 12.8. The van der Waals surface area contributed by atoms with Crippen LogP contribution >= 0.6 is 22.6 Å². The second kappa shape index (κ2) is 7.35. The standard InChI is InChI=1S/C22H30IN3O2/c1-8-14-11-10-12-15(9-2)17(14)26-19(23)16-13-25(20(27)28-21(3,4)5)22(6,7)18(16)24-26/h10-12H,8-9,13H2,1-7H3. The molecule has 3 rings (SSSR count). The van der Waals surface area contributed by atoms with Gasteiger partial charge in [0.2, 0.25) is 0 Å². The number of nitrogens with zero attached hydrogens (tertiary/aromatic N) is 3. The van der Waals surface area contributed by atoms with Crippen LogP contribution in [0.15, 0.2) is 18.2 Å². The zero-order chi connectivity index (χ0) is 20.9. The number of aromatic nitrogens is 2. The van der Waals surface area contributed by atoms with Crippen LogP contribution in [0.3, 0.4) is 0 Å². The van der Waals surface area contributed by atoms with Crippen molar-refractivity contribution in [2.24, 2.45) is 0 Å². The van der Waals surface area contributed by atoms with Gasteiger partial charge >= 0.3 is 6.09 Å². The number of amides is 1. The first-order valence-electron chi connectivity index (χ1n) is 9.90. The molecule has 152 valence electrons. The molecule has 0 saturated carbocycles. The lowest BCUT2D eigenvalue weighted by Crippen LogP contribution is -2.43. The third kappa shape index (κ3) is 3.55. The zero-order valence-corrected chi connectivity index (χ0v) is 20.0. The Morgan fingerprint density at radius 2 is 1.79 bits per heavy atom. The highest BCUT2D eigenvalue weighted by atomic mass is 127. The molecule has 2 heterocycles. The Hall–Kier alpha value is -1.57. The van der Waals surface area contributed by atoms with Gasteiger partial charge in [0.15, 0.2) is 0 Å². The Balaban J connectivity index is 2.06.